The highest BCUT2D eigenvalue weighted by molar-refractivity contribution is 6.14. The van der Waals surface area contributed by atoms with Crippen LogP contribution in [0.2, 0.25) is 0 Å². The van der Waals surface area contributed by atoms with Gasteiger partial charge in [-0.05, 0) is 12.5 Å². The Morgan fingerprint density at radius 2 is 2.29 bits per heavy atom. The predicted octanol–water partition coefficient (Wildman–Crippen LogP) is -0.0299. The van der Waals surface area contributed by atoms with E-state index in [-0.39, 0.29) is 17.7 Å². The number of amides is 2. The van der Waals surface area contributed by atoms with Crippen molar-refractivity contribution >= 4 is 18.0 Å². The Labute approximate surface area is 80.4 Å². The summed E-state index contributed by atoms with van der Waals surface area (Å²) in [6.07, 6.45) is 3.99. The standard InChI is InChI=1S/C10H8N2O2/c13-9-7-1-5-3-11-10(14)8(5)2-6(7)4-12-9/h1,3,6H,2,4H2,(H,12,13). The predicted molar refractivity (Wildman–Crippen MR) is 49.7 cm³/mol. The van der Waals surface area contributed by atoms with Gasteiger partial charge in [0.05, 0.1) is 0 Å². The summed E-state index contributed by atoms with van der Waals surface area (Å²) in [5.74, 6) is 0.0239. The third-order valence-corrected chi connectivity index (χ3v) is 2.90. The van der Waals surface area contributed by atoms with E-state index in [0.29, 0.717) is 13.0 Å². The molecule has 1 N–H and O–H groups in total. The molecule has 2 heterocycles. The van der Waals surface area contributed by atoms with Crippen LogP contribution < -0.4 is 5.32 Å². The second kappa shape index (κ2) is 2.41. The minimum Gasteiger partial charge on any atom is -0.352 e. The van der Waals surface area contributed by atoms with Gasteiger partial charge in [-0.15, -0.1) is 0 Å². The van der Waals surface area contributed by atoms with Crippen molar-refractivity contribution in [2.75, 3.05) is 6.54 Å². The molecule has 1 saturated heterocycles. The molecule has 3 rings (SSSR count). The van der Waals surface area contributed by atoms with Gasteiger partial charge in [-0.1, -0.05) is 0 Å². The van der Waals surface area contributed by atoms with E-state index >= 15 is 0 Å². The lowest BCUT2D eigenvalue weighted by Crippen LogP contribution is -2.14. The minimum absolute atomic E-state index is 0.00528. The number of allylic oxidation sites excluding steroid dienone is 2. The third-order valence-electron chi connectivity index (χ3n) is 2.90. The third kappa shape index (κ3) is 0.852. The van der Waals surface area contributed by atoms with Crippen molar-refractivity contribution in [3.63, 3.8) is 0 Å². The van der Waals surface area contributed by atoms with Crippen LogP contribution in [0.4, 0.5) is 0 Å². The van der Waals surface area contributed by atoms with E-state index in [2.05, 4.69) is 10.3 Å². The first-order chi connectivity index (χ1) is 6.75. The van der Waals surface area contributed by atoms with E-state index in [9.17, 15) is 9.59 Å². The van der Waals surface area contributed by atoms with Crippen molar-refractivity contribution in [1.82, 2.24) is 5.32 Å². The molecule has 70 valence electrons. The highest BCUT2D eigenvalue weighted by atomic mass is 16.2. The number of hydrogen-bond donors (Lipinski definition) is 1. The van der Waals surface area contributed by atoms with Crippen molar-refractivity contribution in [3.8, 4) is 0 Å². The monoisotopic (exact) mass is 188 g/mol. The quantitative estimate of drug-likeness (QED) is 0.580. The summed E-state index contributed by atoms with van der Waals surface area (Å²) in [4.78, 5) is 26.4. The molecule has 0 bridgehead atoms. The van der Waals surface area contributed by atoms with Gasteiger partial charge in [0.1, 0.15) is 0 Å². The van der Waals surface area contributed by atoms with Crippen molar-refractivity contribution < 1.29 is 9.59 Å². The first-order valence-electron chi connectivity index (χ1n) is 4.57. The van der Waals surface area contributed by atoms with Gasteiger partial charge in [0.2, 0.25) is 5.91 Å². The van der Waals surface area contributed by atoms with Gasteiger partial charge in [-0.3, -0.25) is 9.59 Å². The van der Waals surface area contributed by atoms with Crippen LogP contribution in [-0.2, 0) is 9.59 Å². The van der Waals surface area contributed by atoms with Gasteiger partial charge < -0.3 is 5.32 Å². The summed E-state index contributed by atoms with van der Waals surface area (Å²) in [6, 6.07) is 0. The van der Waals surface area contributed by atoms with E-state index in [1.807, 2.05) is 0 Å². The van der Waals surface area contributed by atoms with Gasteiger partial charge in [-0.25, -0.2) is 4.99 Å². The summed E-state index contributed by atoms with van der Waals surface area (Å²) in [7, 11) is 0. The van der Waals surface area contributed by atoms with Gasteiger partial charge in [-0.2, -0.15) is 0 Å². The van der Waals surface area contributed by atoms with Crippen LogP contribution in [0.3, 0.4) is 0 Å². The second-order valence-corrected chi connectivity index (χ2v) is 3.71. The maximum absolute atomic E-state index is 11.3. The number of nitrogens with zero attached hydrogens (tertiary/aromatic N) is 1. The topological polar surface area (TPSA) is 58.5 Å². The minimum atomic E-state index is -0.144. The van der Waals surface area contributed by atoms with Gasteiger partial charge in [0, 0.05) is 35.4 Å². The Bertz CT molecular complexity index is 443. The maximum atomic E-state index is 11.3. The molecule has 0 aromatic carbocycles. The first kappa shape index (κ1) is 7.67. The molecular formula is C10H8N2O2. The Balaban J connectivity index is 2.08. The molecule has 0 aromatic rings. The van der Waals surface area contributed by atoms with Crippen LogP contribution in [0, 0.1) is 5.92 Å². The second-order valence-electron chi connectivity index (χ2n) is 3.71. The van der Waals surface area contributed by atoms with E-state index in [4.69, 9.17) is 0 Å². The number of carbonyl (C=O) groups is 2. The molecule has 0 aromatic heterocycles. The van der Waals surface area contributed by atoms with Crippen LogP contribution in [0.25, 0.3) is 0 Å². The van der Waals surface area contributed by atoms with Crippen LogP contribution in [0.15, 0.2) is 27.8 Å². The Kier molecular flexibility index (Phi) is 1.32. The van der Waals surface area contributed by atoms with Crippen LogP contribution in [0.5, 0.6) is 0 Å². The highest BCUT2D eigenvalue weighted by Crippen LogP contribution is 2.33. The molecule has 4 nitrogen and oxygen atoms in total. The summed E-state index contributed by atoms with van der Waals surface area (Å²) < 4.78 is 0. The number of aliphatic imine (C=N–C) groups is 1. The lowest BCUT2D eigenvalue weighted by atomic mass is 9.86. The van der Waals surface area contributed by atoms with Crippen LogP contribution >= 0.6 is 0 Å². The largest absolute Gasteiger partial charge is 0.352 e. The molecule has 0 spiro atoms. The Hall–Kier alpha value is -1.71. The molecule has 0 radical (unpaired) electrons. The molecule has 2 aliphatic heterocycles. The lowest BCUT2D eigenvalue weighted by Gasteiger charge is -2.14. The normalized spacial score (nSPS) is 28.9. The van der Waals surface area contributed by atoms with Gasteiger partial charge in [0.25, 0.3) is 5.91 Å². The summed E-state index contributed by atoms with van der Waals surface area (Å²) in [6.45, 7) is 0.648. The van der Waals surface area contributed by atoms with Crippen LogP contribution in [0.1, 0.15) is 6.42 Å². The summed E-state index contributed by atoms with van der Waals surface area (Å²) in [5, 5.41) is 2.78. The van der Waals surface area contributed by atoms with Crippen molar-refractivity contribution in [2.24, 2.45) is 10.9 Å². The molecule has 3 aliphatic rings. The average Bonchev–Trinajstić information content (AvgIpc) is 2.71. The number of rotatable bonds is 0. The fraction of sp³-hybridized carbons (Fsp3) is 0.300. The van der Waals surface area contributed by atoms with E-state index in [1.165, 1.54) is 0 Å². The average molecular weight is 188 g/mol. The first-order valence-corrected chi connectivity index (χ1v) is 4.57. The van der Waals surface area contributed by atoms with Crippen molar-refractivity contribution in [1.29, 1.82) is 0 Å². The Morgan fingerprint density at radius 3 is 3.14 bits per heavy atom. The SMILES string of the molecule is O=C1N=CC2=C1CC1CNC(=O)C1=C2. The smallest absolute Gasteiger partial charge is 0.273 e. The number of carbonyl (C=O) groups excluding carboxylic acids is 2. The highest BCUT2D eigenvalue weighted by Gasteiger charge is 2.35. The zero-order valence-electron chi connectivity index (χ0n) is 7.41. The van der Waals surface area contributed by atoms with E-state index in [1.54, 1.807) is 12.3 Å². The zero-order chi connectivity index (χ0) is 9.71. The van der Waals surface area contributed by atoms with Crippen molar-refractivity contribution in [3.05, 3.63) is 22.8 Å². The molecule has 1 unspecified atom stereocenters. The molecule has 4 heteroatoms. The molecule has 0 saturated carbocycles. The molecule has 1 atom stereocenters. The summed E-state index contributed by atoms with van der Waals surface area (Å²) in [5.41, 5.74) is 2.37. The fourth-order valence-electron chi connectivity index (χ4n) is 2.13. The van der Waals surface area contributed by atoms with Gasteiger partial charge >= 0.3 is 0 Å². The van der Waals surface area contributed by atoms with E-state index in [0.717, 1.165) is 16.7 Å². The lowest BCUT2D eigenvalue weighted by molar-refractivity contribution is -0.116. The fourth-order valence-corrected chi connectivity index (χ4v) is 2.13. The van der Waals surface area contributed by atoms with Crippen LogP contribution in [-0.4, -0.2) is 24.6 Å². The number of nitrogens with one attached hydrogen (secondary N) is 1. The van der Waals surface area contributed by atoms with E-state index < -0.39 is 0 Å². The number of fused-ring (bicyclic) bond motifs is 1. The molecule has 1 fully saturated rings. The molecular weight excluding hydrogens is 180 g/mol. The molecule has 2 amide bonds. The van der Waals surface area contributed by atoms with Crippen molar-refractivity contribution in [2.45, 2.75) is 6.42 Å². The maximum Gasteiger partial charge on any atom is 0.273 e. The Morgan fingerprint density at radius 1 is 1.43 bits per heavy atom. The van der Waals surface area contributed by atoms with Gasteiger partial charge in [0.15, 0.2) is 0 Å². The molecule has 14 heavy (non-hydrogen) atoms. The number of hydrogen-bond acceptors (Lipinski definition) is 2. The summed E-state index contributed by atoms with van der Waals surface area (Å²) >= 11 is 0. The zero-order valence-corrected chi connectivity index (χ0v) is 7.41. The molecule has 1 aliphatic carbocycles.